The standard InChI is InChI=1S/C30H18O4/c31-29(32)23-11-9-21-13-17-5-1-3-7-19(17)15-25(21)27(23)28-24(30(33)34)12-10-22-14-18-6-2-4-8-20(18)16-26(22)28/h1-16H,(H,31,32)(H,33,34). The summed E-state index contributed by atoms with van der Waals surface area (Å²) >= 11 is 0. The molecule has 0 unspecified atom stereocenters. The van der Waals surface area contributed by atoms with E-state index in [1.165, 1.54) is 0 Å². The van der Waals surface area contributed by atoms with E-state index in [9.17, 15) is 19.8 Å². The summed E-state index contributed by atoms with van der Waals surface area (Å²) in [5.74, 6) is -2.20. The van der Waals surface area contributed by atoms with Gasteiger partial charge in [-0.1, -0.05) is 60.7 Å². The van der Waals surface area contributed by atoms with Crippen LogP contribution < -0.4 is 0 Å². The number of hydrogen-bond donors (Lipinski definition) is 2. The summed E-state index contributed by atoms with van der Waals surface area (Å²) in [5, 5.41) is 27.4. The first kappa shape index (κ1) is 19.9. The number of carbonyl (C=O) groups is 2. The summed E-state index contributed by atoms with van der Waals surface area (Å²) in [6, 6.07) is 30.4. The molecular formula is C30H18O4. The molecule has 0 saturated carbocycles. The van der Waals surface area contributed by atoms with Crippen molar-refractivity contribution in [2.75, 3.05) is 0 Å². The lowest BCUT2D eigenvalue weighted by Gasteiger charge is -2.17. The fourth-order valence-corrected chi connectivity index (χ4v) is 4.92. The Morgan fingerprint density at radius 2 is 0.794 bits per heavy atom. The molecule has 0 bridgehead atoms. The highest BCUT2D eigenvalue weighted by atomic mass is 16.4. The molecule has 34 heavy (non-hydrogen) atoms. The van der Waals surface area contributed by atoms with Crippen LogP contribution in [0.15, 0.2) is 97.1 Å². The van der Waals surface area contributed by atoms with E-state index in [0.717, 1.165) is 32.3 Å². The van der Waals surface area contributed by atoms with Gasteiger partial charge < -0.3 is 10.2 Å². The molecule has 0 heterocycles. The highest BCUT2D eigenvalue weighted by molar-refractivity contribution is 6.20. The maximum atomic E-state index is 12.4. The minimum absolute atomic E-state index is 0.0749. The maximum Gasteiger partial charge on any atom is 0.336 e. The quantitative estimate of drug-likeness (QED) is 0.281. The zero-order valence-electron chi connectivity index (χ0n) is 17.9. The largest absolute Gasteiger partial charge is 0.478 e. The average Bonchev–Trinajstić information content (AvgIpc) is 2.84. The first-order chi connectivity index (χ1) is 16.5. The van der Waals surface area contributed by atoms with E-state index in [1.807, 2.05) is 72.8 Å². The first-order valence-corrected chi connectivity index (χ1v) is 10.9. The number of benzene rings is 6. The summed E-state index contributed by atoms with van der Waals surface area (Å²) in [7, 11) is 0. The van der Waals surface area contributed by atoms with Crippen molar-refractivity contribution in [1.29, 1.82) is 0 Å². The van der Waals surface area contributed by atoms with Crippen LogP contribution in [0.25, 0.3) is 54.2 Å². The highest BCUT2D eigenvalue weighted by Crippen LogP contribution is 2.41. The predicted molar refractivity (Wildman–Crippen MR) is 136 cm³/mol. The van der Waals surface area contributed by atoms with E-state index in [0.29, 0.717) is 21.9 Å². The van der Waals surface area contributed by atoms with Crippen molar-refractivity contribution in [2.24, 2.45) is 0 Å². The molecule has 0 amide bonds. The van der Waals surface area contributed by atoms with Crippen molar-refractivity contribution in [3.63, 3.8) is 0 Å². The predicted octanol–water partition coefficient (Wildman–Crippen LogP) is 7.36. The van der Waals surface area contributed by atoms with Crippen LogP contribution in [0.4, 0.5) is 0 Å². The van der Waals surface area contributed by atoms with Gasteiger partial charge in [-0.2, -0.15) is 0 Å². The number of carboxylic acid groups (broad SMARTS) is 2. The topological polar surface area (TPSA) is 74.6 Å². The molecule has 0 spiro atoms. The molecule has 0 atom stereocenters. The Balaban J connectivity index is 1.85. The van der Waals surface area contributed by atoms with Crippen molar-refractivity contribution in [2.45, 2.75) is 0 Å². The molecule has 162 valence electrons. The zero-order chi connectivity index (χ0) is 23.4. The van der Waals surface area contributed by atoms with Crippen molar-refractivity contribution < 1.29 is 19.8 Å². The number of fused-ring (bicyclic) bond motifs is 4. The van der Waals surface area contributed by atoms with Crippen molar-refractivity contribution in [3.8, 4) is 11.1 Å². The van der Waals surface area contributed by atoms with Crippen LogP contribution in [-0.2, 0) is 0 Å². The minimum Gasteiger partial charge on any atom is -0.478 e. The lowest BCUT2D eigenvalue weighted by atomic mass is 9.85. The van der Waals surface area contributed by atoms with Crippen LogP contribution in [0.1, 0.15) is 20.7 Å². The lowest BCUT2D eigenvalue weighted by Crippen LogP contribution is -2.06. The molecule has 0 aromatic heterocycles. The zero-order valence-corrected chi connectivity index (χ0v) is 17.9. The average molecular weight is 442 g/mol. The number of rotatable bonds is 3. The smallest absolute Gasteiger partial charge is 0.336 e. The van der Waals surface area contributed by atoms with Crippen LogP contribution in [0.2, 0.25) is 0 Å². The second kappa shape index (κ2) is 7.42. The second-order valence-corrected chi connectivity index (χ2v) is 8.43. The third-order valence-electron chi connectivity index (χ3n) is 6.48. The van der Waals surface area contributed by atoms with Gasteiger partial charge in [0, 0.05) is 11.1 Å². The van der Waals surface area contributed by atoms with Crippen LogP contribution in [0.3, 0.4) is 0 Å². The van der Waals surface area contributed by atoms with Crippen molar-refractivity contribution in [1.82, 2.24) is 0 Å². The van der Waals surface area contributed by atoms with E-state index in [2.05, 4.69) is 0 Å². The van der Waals surface area contributed by atoms with E-state index in [-0.39, 0.29) is 11.1 Å². The van der Waals surface area contributed by atoms with Gasteiger partial charge in [0.25, 0.3) is 0 Å². The Labute approximate surface area is 194 Å². The van der Waals surface area contributed by atoms with Crippen LogP contribution in [0, 0.1) is 0 Å². The van der Waals surface area contributed by atoms with Gasteiger partial charge in [-0.3, -0.25) is 0 Å². The molecule has 0 saturated heterocycles. The van der Waals surface area contributed by atoms with E-state index in [1.54, 1.807) is 24.3 Å². The third-order valence-corrected chi connectivity index (χ3v) is 6.48. The van der Waals surface area contributed by atoms with E-state index < -0.39 is 11.9 Å². The summed E-state index contributed by atoms with van der Waals surface area (Å²) in [6.45, 7) is 0. The first-order valence-electron chi connectivity index (χ1n) is 10.9. The van der Waals surface area contributed by atoms with Gasteiger partial charge in [0.2, 0.25) is 0 Å². The van der Waals surface area contributed by atoms with Gasteiger partial charge in [-0.05, 0) is 79.5 Å². The van der Waals surface area contributed by atoms with E-state index in [4.69, 9.17) is 0 Å². The number of aromatic carboxylic acids is 2. The highest BCUT2D eigenvalue weighted by Gasteiger charge is 2.23. The molecule has 4 heteroatoms. The van der Waals surface area contributed by atoms with Crippen LogP contribution in [-0.4, -0.2) is 22.2 Å². The summed E-state index contributed by atoms with van der Waals surface area (Å²) in [6.07, 6.45) is 0. The molecule has 0 fully saturated rings. The Hall–Kier alpha value is -4.70. The van der Waals surface area contributed by atoms with Gasteiger partial charge in [0.05, 0.1) is 11.1 Å². The fourth-order valence-electron chi connectivity index (χ4n) is 4.92. The fraction of sp³-hybridized carbons (Fsp3) is 0. The molecule has 4 nitrogen and oxygen atoms in total. The van der Waals surface area contributed by atoms with E-state index >= 15 is 0 Å². The molecule has 6 aromatic rings. The minimum atomic E-state index is -1.10. The molecule has 2 N–H and O–H groups in total. The van der Waals surface area contributed by atoms with Crippen molar-refractivity contribution in [3.05, 3.63) is 108 Å². The summed E-state index contributed by atoms with van der Waals surface area (Å²) in [4.78, 5) is 24.8. The molecule has 0 radical (unpaired) electrons. The second-order valence-electron chi connectivity index (χ2n) is 8.43. The summed E-state index contributed by atoms with van der Waals surface area (Å²) in [5.41, 5.74) is 1.000. The van der Waals surface area contributed by atoms with Crippen LogP contribution >= 0.6 is 0 Å². The van der Waals surface area contributed by atoms with Crippen molar-refractivity contribution >= 4 is 55.0 Å². The molecule has 0 aliphatic carbocycles. The van der Waals surface area contributed by atoms with Gasteiger partial charge >= 0.3 is 11.9 Å². The van der Waals surface area contributed by atoms with Gasteiger partial charge in [0.1, 0.15) is 0 Å². The molecule has 6 aromatic carbocycles. The number of carboxylic acids is 2. The third kappa shape index (κ3) is 3.00. The van der Waals surface area contributed by atoms with Crippen LogP contribution in [0.5, 0.6) is 0 Å². The normalized spacial score (nSPS) is 11.4. The van der Waals surface area contributed by atoms with Gasteiger partial charge in [0.15, 0.2) is 0 Å². The molecule has 6 rings (SSSR count). The monoisotopic (exact) mass is 442 g/mol. The Morgan fingerprint density at radius 3 is 1.15 bits per heavy atom. The lowest BCUT2D eigenvalue weighted by molar-refractivity contribution is 0.0684. The SMILES string of the molecule is O=C(O)c1ccc2cc3ccccc3cc2c1-c1c(C(=O)O)ccc2cc3ccccc3cc12. The van der Waals surface area contributed by atoms with Gasteiger partial charge in [-0.25, -0.2) is 9.59 Å². The Morgan fingerprint density at radius 1 is 0.441 bits per heavy atom. The Bertz CT molecular complexity index is 1680. The molecule has 0 aliphatic heterocycles. The molecular weight excluding hydrogens is 424 g/mol. The van der Waals surface area contributed by atoms with Gasteiger partial charge in [-0.15, -0.1) is 0 Å². The molecule has 0 aliphatic rings. The maximum absolute atomic E-state index is 12.4. The Kier molecular flexibility index (Phi) is 4.36. The number of hydrogen-bond acceptors (Lipinski definition) is 2. The summed E-state index contributed by atoms with van der Waals surface area (Å²) < 4.78 is 0.